The lowest BCUT2D eigenvalue weighted by atomic mass is 10.1. The number of carbonyl (C=O) groups is 1. The van der Waals surface area contributed by atoms with Crippen LogP contribution in [0.15, 0.2) is 24.3 Å². The van der Waals surface area contributed by atoms with Crippen molar-refractivity contribution in [3.05, 3.63) is 33.4 Å². The van der Waals surface area contributed by atoms with E-state index in [0.717, 1.165) is 48.4 Å². The molecule has 1 N–H and O–H groups in total. The minimum atomic E-state index is 0.177. The van der Waals surface area contributed by atoms with Crippen molar-refractivity contribution >= 4 is 28.5 Å². The maximum absolute atomic E-state index is 12.5. The largest absolute Gasteiger partial charge is 0.336 e. The lowest BCUT2D eigenvalue weighted by Crippen LogP contribution is -2.62. The molecule has 0 unspecified atom stereocenters. The van der Waals surface area contributed by atoms with Crippen LogP contribution in [-0.2, 0) is 0 Å². The molecule has 0 spiro atoms. The van der Waals surface area contributed by atoms with Crippen LogP contribution in [0.3, 0.4) is 0 Å². The third-order valence-electron chi connectivity index (χ3n) is 3.98. The molecular weight excluding hydrogens is 353 g/mol. The highest BCUT2D eigenvalue weighted by Gasteiger charge is 2.29. The average Bonchev–Trinajstić information content (AvgIpc) is 2.37. The molecule has 2 aliphatic rings. The van der Waals surface area contributed by atoms with Crippen LogP contribution in [0.2, 0.25) is 0 Å². The van der Waals surface area contributed by atoms with Gasteiger partial charge in [0.1, 0.15) is 0 Å². The highest BCUT2D eigenvalue weighted by Crippen LogP contribution is 2.16. The first-order valence-corrected chi connectivity index (χ1v) is 7.82. The summed E-state index contributed by atoms with van der Waals surface area (Å²) in [6.07, 6.45) is 0. The number of benzene rings is 1. The zero-order valence-corrected chi connectivity index (χ0v) is 13.0. The summed E-state index contributed by atoms with van der Waals surface area (Å²) in [5.41, 5.74) is 0.835. The molecule has 0 atom stereocenters. The molecule has 2 aliphatic heterocycles. The minimum Gasteiger partial charge on any atom is -0.336 e. The Morgan fingerprint density at radius 1 is 1.16 bits per heavy atom. The van der Waals surface area contributed by atoms with Gasteiger partial charge in [-0.15, -0.1) is 0 Å². The second-order valence-electron chi connectivity index (χ2n) is 5.12. The SMILES string of the molecule is O=C(c1ccccc1I)N1CCN(C2CNC2)CC1. The Morgan fingerprint density at radius 3 is 2.42 bits per heavy atom. The van der Waals surface area contributed by atoms with E-state index in [1.54, 1.807) is 0 Å². The number of carbonyl (C=O) groups excluding carboxylic acids is 1. The van der Waals surface area contributed by atoms with Crippen LogP contribution in [0.5, 0.6) is 0 Å². The summed E-state index contributed by atoms with van der Waals surface area (Å²) in [6, 6.07) is 8.51. The zero-order valence-electron chi connectivity index (χ0n) is 10.8. The molecule has 2 fully saturated rings. The Morgan fingerprint density at radius 2 is 1.84 bits per heavy atom. The number of nitrogens with zero attached hydrogens (tertiary/aromatic N) is 2. The molecule has 0 bridgehead atoms. The summed E-state index contributed by atoms with van der Waals surface area (Å²) in [7, 11) is 0. The highest BCUT2D eigenvalue weighted by atomic mass is 127. The van der Waals surface area contributed by atoms with Gasteiger partial charge in [-0.2, -0.15) is 0 Å². The average molecular weight is 371 g/mol. The number of nitrogens with one attached hydrogen (secondary N) is 1. The van der Waals surface area contributed by atoms with E-state index in [4.69, 9.17) is 0 Å². The Balaban J connectivity index is 1.62. The Hall–Kier alpha value is -0.660. The van der Waals surface area contributed by atoms with Gasteiger partial charge in [-0.1, -0.05) is 12.1 Å². The topological polar surface area (TPSA) is 35.6 Å². The fourth-order valence-electron chi connectivity index (χ4n) is 2.63. The minimum absolute atomic E-state index is 0.177. The van der Waals surface area contributed by atoms with Gasteiger partial charge in [0.05, 0.1) is 5.56 Å². The fraction of sp³-hybridized carbons (Fsp3) is 0.500. The van der Waals surface area contributed by atoms with Gasteiger partial charge in [0, 0.05) is 48.9 Å². The normalized spacial score (nSPS) is 21.2. The van der Waals surface area contributed by atoms with Crippen molar-refractivity contribution < 1.29 is 4.79 Å². The second kappa shape index (κ2) is 5.76. The maximum Gasteiger partial charge on any atom is 0.255 e. The monoisotopic (exact) mass is 371 g/mol. The summed E-state index contributed by atoms with van der Waals surface area (Å²) in [4.78, 5) is 17.0. The van der Waals surface area contributed by atoms with Gasteiger partial charge >= 0.3 is 0 Å². The van der Waals surface area contributed by atoms with Crippen LogP contribution in [0.4, 0.5) is 0 Å². The van der Waals surface area contributed by atoms with Crippen LogP contribution in [-0.4, -0.2) is 61.0 Å². The third kappa shape index (κ3) is 2.78. The first-order valence-electron chi connectivity index (χ1n) is 6.74. The van der Waals surface area contributed by atoms with E-state index in [9.17, 15) is 4.79 Å². The van der Waals surface area contributed by atoms with Gasteiger partial charge in [0.2, 0.25) is 0 Å². The molecular formula is C14H18IN3O. The van der Waals surface area contributed by atoms with Crippen molar-refractivity contribution in [2.45, 2.75) is 6.04 Å². The van der Waals surface area contributed by atoms with E-state index in [1.807, 2.05) is 29.2 Å². The van der Waals surface area contributed by atoms with Crippen molar-refractivity contribution in [3.63, 3.8) is 0 Å². The van der Waals surface area contributed by atoms with Crippen LogP contribution >= 0.6 is 22.6 Å². The molecule has 2 heterocycles. The van der Waals surface area contributed by atoms with Gasteiger partial charge in [-0.05, 0) is 34.7 Å². The fourth-order valence-corrected chi connectivity index (χ4v) is 3.24. The molecule has 2 saturated heterocycles. The molecule has 0 aliphatic carbocycles. The lowest BCUT2D eigenvalue weighted by molar-refractivity contribution is 0.0501. The van der Waals surface area contributed by atoms with E-state index in [1.165, 1.54) is 0 Å². The predicted molar refractivity (Wildman–Crippen MR) is 83.3 cm³/mol. The molecule has 4 nitrogen and oxygen atoms in total. The van der Waals surface area contributed by atoms with E-state index in [0.29, 0.717) is 6.04 Å². The van der Waals surface area contributed by atoms with Crippen LogP contribution in [0.1, 0.15) is 10.4 Å². The molecule has 1 aromatic carbocycles. The van der Waals surface area contributed by atoms with Crippen molar-refractivity contribution in [1.29, 1.82) is 0 Å². The summed E-state index contributed by atoms with van der Waals surface area (Å²) < 4.78 is 1.04. The van der Waals surface area contributed by atoms with E-state index < -0.39 is 0 Å². The van der Waals surface area contributed by atoms with Gasteiger partial charge in [0.25, 0.3) is 5.91 Å². The van der Waals surface area contributed by atoms with Crippen LogP contribution in [0.25, 0.3) is 0 Å². The quantitative estimate of drug-likeness (QED) is 0.789. The van der Waals surface area contributed by atoms with Gasteiger partial charge < -0.3 is 10.2 Å². The Kier molecular flexibility index (Phi) is 4.04. The number of halogens is 1. The molecule has 0 radical (unpaired) electrons. The number of piperazine rings is 1. The number of hydrogen-bond donors (Lipinski definition) is 1. The molecule has 102 valence electrons. The third-order valence-corrected chi connectivity index (χ3v) is 4.92. The Bertz CT molecular complexity index is 468. The zero-order chi connectivity index (χ0) is 13.2. The number of amides is 1. The lowest BCUT2D eigenvalue weighted by Gasteiger charge is -2.43. The molecule has 3 rings (SSSR count). The number of hydrogen-bond acceptors (Lipinski definition) is 3. The summed E-state index contributed by atoms with van der Waals surface area (Å²) in [5, 5.41) is 3.30. The molecule has 5 heteroatoms. The summed E-state index contributed by atoms with van der Waals surface area (Å²) in [5.74, 6) is 0.177. The van der Waals surface area contributed by atoms with Gasteiger partial charge in [-0.3, -0.25) is 9.69 Å². The molecule has 19 heavy (non-hydrogen) atoms. The predicted octanol–water partition coefficient (Wildman–Crippen LogP) is 1.02. The van der Waals surface area contributed by atoms with E-state index >= 15 is 0 Å². The van der Waals surface area contributed by atoms with Crippen molar-refractivity contribution in [3.8, 4) is 0 Å². The standard InChI is InChI=1S/C14H18IN3O/c15-13-4-2-1-3-12(13)14(19)18-7-5-17(6-8-18)11-9-16-10-11/h1-4,11,16H,5-10H2. The second-order valence-corrected chi connectivity index (χ2v) is 6.28. The summed E-state index contributed by atoms with van der Waals surface area (Å²) >= 11 is 2.24. The maximum atomic E-state index is 12.5. The van der Waals surface area contributed by atoms with E-state index in [2.05, 4.69) is 32.8 Å². The van der Waals surface area contributed by atoms with Crippen LogP contribution in [0, 0.1) is 3.57 Å². The van der Waals surface area contributed by atoms with Gasteiger partial charge in [-0.25, -0.2) is 0 Å². The van der Waals surface area contributed by atoms with Crippen LogP contribution < -0.4 is 5.32 Å². The van der Waals surface area contributed by atoms with E-state index in [-0.39, 0.29) is 5.91 Å². The van der Waals surface area contributed by atoms with Gasteiger partial charge in [0.15, 0.2) is 0 Å². The van der Waals surface area contributed by atoms with Crippen molar-refractivity contribution in [1.82, 2.24) is 15.1 Å². The molecule has 1 aromatic rings. The Labute approximate surface area is 127 Å². The van der Waals surface area contributed by atoms with Crippen molar-refractivity contribution in [2.24, 2.45) is 0 Å². The molecule has 0 aromatic heterocycles. The number of rotatable bonds is 2. The molecule has 1 amide bonds. The first-order chi connectivity index (χ1) is 9.25. The highest BCUT2D eigenvalue weighted by molar-refractivity contribution is 14.1. The van der Waals surface area contributed by atoms with Crippen molar-refractivity contribution in [2.75, 3.05) is 39.3 Å². The first kappa shape index (κ1) is 13.3. The smallest absolute Gasteiger partial charge is 0.255 e. The molecule has 0 saturated carbocycles. The summed E-state index contributed by atoms with van der Waals surface area (Å²) in [6.45, 7) is 5.90.